The molecule has 36 heavy (non-hydrogen) atoms. The zero-order valence-corrected chi connectivity index (χ0v) is 21.4. The third-order valence-electron chi connectivity index (χ3n) is 6.22. The van der Waals surface area contributed by atoms with E-state index in [0.29, 0.717) is 29.0 Å². The molecule has 0 saturated heterocycles. The standard InChI is InChI=1S/C27H28N6O2S/c1-4-10-35-19-11-16(2)24(17(3)12-19)21-13-20(31-25(32-21)22-14-28-8-9-29-22)23-15-30-27(36-23)33-26(34)18-6-5-7-18/h8-9,11-15,18H,4-7,10H2,1-3H3,(H,30,33,34). The van der Waals surface area contributed by atoms with Gasteiger partial charge in [-0.1, -0.05) is 24.7 Å². The molecule has 184 valence electrons. The fourth-order valence-electron chi connectivity index (χ4n) is 4.19. The summed E-state index contributed by atoms with van der Waals surface area (Å²) in [6.07, 6.45) is 10.6. The van der Waals surface area contributed by atoms with Crippen molar-refractivity contribution in [2.24, 2.45) is 5.92 Å². The Bertz CT molecular complexity index is 1360. The first-order chi connectivity index (χ1) is 17.5. The molecule has 0 bridgehead atoms. The lowest BCUT2D eigenvalue weighted by molar-refractivity contribution is -0.122. The average Bonchev–Trinajstić information content (AvgIpc) is 3.30. The molecule has 3 aromatic heterocycles. The summed E-state index contributed by atoms with van der Waals surface area (Å²) in [6.45, 7) is 6.89. The van der Waals surface area contributed by atoms with Gasteiger partial charge in [-0.25, -0.2) is 19.9 Å². The molecule has 8 nitrogen and oxygen atoms in total. The Hall–Kier alpha value is -3.72. The van der Waals surface area contributed by atoms with Gasteiger partial charge in [0.2, 0.25) is 5.91 Å². The van der Waals surface area contributed by atoms with Gasteiger partial charge in [0.1, 0.15) is 11.4 Å². The summed E-state index contributed by atoms with van der Waals surface area (Å²) in [6, 6.07) is 6.05. The summed E-state index contributed by atoms with van der Waals surface area (Å²) < 4.78 is 5.87. The minimum atomic E-state index is 0.0439. The van der Waals surface area contributed by atoms with Gasteiger partial charge in [-0.3, -0.25) is 9.78 Å². The number of hydrogen-bond acceptors (Lipinski definition) is 8. The number of thiazole rings is 1. The number of anilines is 1. The van der Waals surface area contributed by atoms with E-state index in [1.54, 1.807) is 24.8 Å². The van der Waals surface area contributed by atoms with Gasteiger partial charge in [0.15, 0.2) is 11.0 Å². The number of rotatable bonds is 8. The van der Waals surface area contributed by atoms with Crippen LogP contribution in [0, 0.1) is 19.8 Å². The number of carbonyl (C=O) groups is 1. The maximum absolute atomic E-state index is 12.4. The first kappa shape index (κ1) is 24.0. The fraction of sp³-hybridized carbons (Fsp3) is 0.333. The first-order valence-corrected chi connectivity index (χ1v) is 13.0. The molecule has 1 aliphatic rings. The molecule has 1 aromatic carbocycles. The topological polar surface area (TPSA) is 103 Å². The number of carbonyl (C=O) groups excluding carboxylic acids is 1. The second-order valence-corrected chi connectivity index (χ2v) is 10.0. The molecular weight excluding hydrogens is 472 g/mol. The zero-order chi connectivity index (χ0) is 25.1. The van der Waals surface area contributed by atoms with Crippen molar-refractivity contribution in [2.45, 2.75) is 46.5 Å². The molecule has 0 spiro atoms. The van der Waals surface area contributed by atoms with Crippen LogP contribution in [-0.2, 0) is 4.79 Å². The third-order valence-corrected chi connectivity index (χ3v) is 7.15. The Labute approximate surface area is 214 Å². The normalized spacial score (nSPS) is 13.3. The maximum atomic E-state index is 12.4. The van der Waals surface area contributed by atoms with Crippen molar-refractivity contribution in [3.8, 4) is 39.1 Å². The van der Waals surface area contributed by atoms with Gasteiger partial charge in [-0.15, -0.1) is 0 Å². The predicted octanol–water partition coefficient (Wildman–Crippen LogP) is 5.87. The Kier molecular flexibility index (Phi) is 6.99. The number of hydrogen-bond donors (Lipinski definition) is 1. The molecule has 0 radical (unpaired) electrons. The average molecular weight is 501 g/mol. The van der Waals surface area contributed by atoms with E-state index >= 15 is 0 Å². The van der Waals surface area contributed by atoms with Crippen LogP contribution in [0.25, 0.3) is 33.3 Å². The van der Waals surface area contributed by atoms with Gasteiger partial charge >= 0.3 is 0 Å². The van der Waals surface area contributed by atoms with Crippen LogP contribution in [0.2, 0.25) is 0 Å². The number of amides is 1. The number of ether oxygens (including phenoxy) is 1. The summed E-state index contributed by atoms with van der Waals surface area (Å²) in [4.78, 5) is 35.9. The number of aromatic nitrogens is 5. The molecule has 3 heterocycles. The number of aryl methyl sites for hydroxylation is 2. The second-order valence-electron chi connectivity index (χ2n) is 8.98. The molecule has 0 aliphatic heterocycles. The quantitative estimate of drug-likeness (QED) is 0.323. The number of nitrogens with zero attached hydrogens (tertiary/aromatic N) is 5. The van der Waals surface area contributed by atoms with Crippen molar-refractivity contribution < 1.29 is 9.53 Å². The molecule has 1 fully saturated rings. The first-order valence-electron chi connectivity index (χ1n) is 12.2. The van der Waals surface area contributed by atoms with Gasteiger partial charge < -0.3 is 10.1 Å². The molecule has 4 aromatic rings. The summed E-state index contributed by atoms with van der Waals surface area (Å²) in [5.41, 5.74) is 5.23. The smallest absolute Gasteiger partial charge is 0.229 e. The van der Waals surface area contributed by atoms with Crippen LogP contribution in [0.5, 0.6) is 5.75 Å². The van der Waals surface area contributed by atoms with E-state index in [-0.39, 0.29) is 11.8 Å². The van der Waals surface area contributed by atoms with Crippen molar-refractivity contribution >= 4 is 22.4 Å². The van der Waals surface area contributed by atoms with E-state index in [4.69, 9.17) is 14.7 Å². The highest BCUT2D eigenvalue weighted by molar-refractivity contribution is 7.19. The Morgan fingerprint density at radius 3 is 2.47 bits per heavy atom. The van der Waals surface area contributed by atoms with E-state index in [9.17, 15) is 4.79 Å². The van der Waals surface area contributed by atoms with Gasteiger partial charge in [-0.05, 0) is 62.4 Å². The molecular formula is C27H28N6O2S. The molecule has 5 rings (SSSR count). The second kappa shape index (κ2) is 10.5. The van der Waals surface area contributed by atoms with Crippen LogP contribution in [0.1, 0.15) is 43.7 Å². The van der Waals surface area contributed by atoms with Crippen molar-refractivity contribution in [1.29, 1.82) is 0 Å². The SMILES string of the molecule is CCCOc1cc(C)c(-c2cc(-c3cnc(NC(=O)C4CCC4)s3)nc(-c3cnccn3)n2)c(C)c1. The maximum Gasteiger partial charge on any atom is 0.229 e. The van der Waals surface area contributed by atoms with E-state index in [1.807, 2.05) is 18.2 Å². The van der Waals surface area contributed by atoms with Crippen LogP contribution in [0.15, 0.2) is 43.0 Å². The Morgan fingerprint density at radius 1 is 1.03 bits per heavy atom. The zero-order valence-electron chi connectivity index (χ0n) is 20.6. The van der Waals surface area contributed by atoms with Gasteiger partial charge in [-0.2, -0.15) is 0 Å². The largest absolute Gasteiger partial charge is 0.494 e. The van der Waals surface area contributed by atoms with Crippen LogP contribution < -0.4 is 10.1 Å². The van der Waals surface area contributed by atoms with Crippen molar-refractivity contribution in [2.75, 3.05) is 11.9 Å². The number of benzene rings is 1. The van der Waals surface area contributed by atoms with Crippen LogP contribution in [-0.4, -0.2) is 37.4 Å². The third kappa shape index (κ3) is 5.11. The highest BCUT2D eigenvalue weighted by atomic mass is 32.1. The summed E-state index contributed by atoms with van der Waals surface area (Å²) >= 11 is 1.40. The van der Waals surface area contributed by atoms with Crippen LogP contribution >= 0.6 is 11.3 Å². The Morgan fingerprint density at radius 2 is 1.81 bits per heavy atom. The fourth-order valence-corrected chi connectivity index (χ4v) is 4.97. The van der Waals surface area contributed by atoms with Crippen molar-refractivity contribution in [1.82, 2.24) is 24.9 Å². The van der Waals surface area contributed by atoms with Crippen molar-refractivity contribution in [3.63, 3.8) is 0 Å². The molecule has 1 amide bonds. The van der Waals surface area contributed by atoms with E-state index in [1.165, 1.54) is 11.3 Å². The molecule has 1 saturated carbocycles. The molecule has 0 unspecified atom stereocenters. The van der Waals surface area contributed by atoms with Crippen LogP contribution in [0.3, 0.4) is 0 Å². The lowest BCUT2D eigenvalue weighted by Crippen LogP contribution is -2.27. The lowest BCUT2D eigenvalue weighted by Gasteiger charge is -2.23. The number of nitrogens with one attached hydrogen (secondary N) is 1. The minimum absolute atomic E-state index is 0.0439. The van der Waals surface area contributed by atoms with Gasteiger partial charge in [0.25, 0.3) is 0 Å². The lowest BCUT2D eigenvalue weighted by atomic mass is 9.85. The highest BCUT2D eigenvalue weighted by Crippen LogP contribution is 2.36. The highest BCUT2D eigenvalue weighted by Gasteiger charge is 2.26. The molecule has 9 heteroatoms. The molecule has 1 N–H and O–H groups in total. The van der Waals surface area contributed by atoms with Crippen molar-refractivity contribution in [3.05, 3.63) is 54.1 Å². The minimum Gasteiger partial charge on any atom is -0.494 e. The van der Waals surface area contributed by atoms with E-state index in [0.717, 1.165) is 58.7 Å². The summed E-state index contributed by atoms with van der Waals surface area (Å²) in [7, 11) is 0. The van der Waals surface area contributed by atoms with E-state index < -0.39 is 0 Å². The Balaban J connectivity index is 1.54. The van der Waals surface area contributed by atoms with Crippen LogP contribution in [0.4, 0.5) is 5.13 Å². The summed E-state index contributed by atoms with van der Waals surface area (Å²) in [5, 5.41) is 3.53. The predicted molar refractivity (Wildman–Crippen MR) is 141 cm³/mol. The van der Waals surface area contributed by atoms with Gasteiger partial charge in [0, 0.05) is 30.1 Å². The van der Waals surface area contributed by atoms with Gasteiger partial charge in [0.05, 0.1) is 29.1 Å². The summed E-state index contributed by atoms with van der Waals surface area (Å²) in [5.74, 6) is 1.48. The van der Waals surface area contributed by atoms with E-state index in [2.05, 4.69) is 41.0 Å². The molecule has 0 atom stereocenters. The molecule has 1 aliphatic carbocycles. The monoisotopic (exact) mass is 500 g/mol.